The molecule has 0 spiro atoms. The minimum absolute atomic E-state index is 0.0639. The van der Waals surface area contributed by atoms with Crippen LogP contribution in [0.4, 0.5) is 0 Å². The summed E-state index contributed by atoms with van der Waals surface area (Å²) < 4.78 is 0. The summed E-state index contributed by atoms with van der Waals surface area (Å²) in [5.41, 5.74) is 11.8. The highest BCUT2D eigenvalue weighted by Crippen LogP contribution is 2.29. The van der Waals surface area contributed by atoms with Gasteiger partial charge in [0.05, 0.1) is 13.2 Å². The molecule has 0 bridgehead atoms. The fourth-order valence-electron chi connectivity index (χ4n) is 15.5. The molecule has 18 amide bonds. The summed E-state index contributed by atoms with van der Waals surface area (Å²) in [6.07, 6.45) is 2.16. The summed E-state index contributed by atoms with van der Waals surface area (Å²) >= 11 is 0. The minimum atomic E-state index is -1.76. The minimum Gasteiger partial charge on any atom is -0.508 e. The molecule has 0 saturated carbocycles. The van der Waals surface area contributed by atoms with Gasteiger partial charge in [0.1, 0.15) is 102 Å². The van der Waals surface area contributed by atoms with Gasteiger partial charge in [-0.1, -0.05) is 135 Å². The number of hydrogen-bond acceptors (Lipinski definition) is 21. The van der Waals surface area contributed by atoms with Crippen molar-refractivity contribution >= 4 is 106 Å². The average molecular weight is 1760 g/mol. The second kappa shape index (κ2) is 49.9. The first kappa shape index (κ1) is 105. The maximum absolute atomic E-state index is 15.0. The van der Waals surface area contributed by atoms with Crippen molar-refractivity contribution in [3.63, 3.8) is 0 Å². The number of carbonyl (C=O) groups excluding carboxylic acids is 18. The van der Waals surface area contributed by atoms with Gasteiger partial charge in [0.25, 0.3) is 0 Å². The lowest BCUT2D eigenvalue weighted by molar-refractivity contribution is -0.149. The van der Waals surface area contributed by atoms with Crippen molar-refractivity contribution in [3.8, 4) is 5.75 Å². The molecule has 4 aliphatic heterocycles. The van der Waals surface area contributed by atoms with Crippen LogP contribution >= 0.6 is 0 Å². The molecule has 700 valence electrons. The Labute approximate surface area is 733 Å². The van der Waals surface area contributed by atoms with Crippen LogP contribution in [0, 0.1) is 41.4 Å². The molecular formula is C86H141N19O20. The molecule has 39 nitrogen and oxygen atoms in total. The van der Waals surface area contributed by atoms with E-state index in [1.54, 1.807) is 96.9 Å². The van der Waals surface area contributed by atoms with Crippen LogP contribution in [0.25, 0.3) is 0 Å². The van der Waals surface area contributed by atoms with Gasteiger partial charge in [0.15, 0.2) is 0 Å². The van der Waals surface area contributed by atoms with Crippen molar-refractivity contribution in [3.05, 3.63) is 29.8 Å². The average Bonchev–Trinajstić information content (AvgIpc) is 1.67. The number of fused-ring (bicyclic) bond motifs is 3. The molecule has 0 radical (unpaired) electrons. The number of likely N-dealkylation sites (N-methyl/N-ethyl adjacent to an activating group) is 1. The van der Waals surface area contributed by atoms with Gasteiger partial charge in [0.2, 0.25) is 106 Å². The molecule has 4 heterocycles. The largest absolute Gasteiger partial charge is 0.508 e. The number of aliphatic hydroxyl groups is 1. The number of phenolic OH excluding ortho intramolecular Hbond substituents is 1. The number of aromatic hydroxyl groups is 1. The molecule has 4 fully saturated rings. The second-order valence-electron chi connectivity index (χ2n) is 35.0. The maximum atomic E-state index is 15.0. The Morgan fingerprint density at radius 3 is 1.32 bits per heavy atom. The zero-order valence-corrected chi connectivity index (χ0v) is 75.8. The summed E-state index contributed by atoms with van der Waals surface area (Å²) in [7, 11) is 1.35. The summed E-state index contributed by atoms with van der Waals surface area (Å²) in [5.74, 6) is -19.3. The Hall–Kier alpha value is -10.6. The van der Waals surface area contributed by atoms with E-state index in [1.807, 2.05) is 0 Å². The number of phenols is 1. The van der Waals surface area contributed by atoms with Gasteiger partial charge in [-0.2, -0.15) is 0 Å². The topological polar surface area (TPSA) is 569 Å². The van der Waals surface area contributed by atoms with Crippen LogP contribution in [0.3, 0.4) is 0 Å². The first-order valence-electron chi connectivity index (χ1n) is 44.4. The number of nitrogens with one attached hydrogen (secondary N) is 13. The Bertz CT molecular complexity index is 3940. The van der Waals surface area contributed by atoms with Crippen molar-refractivity contribution in [2.75, 3.05) is 46.4 Å². The molecule has 4 saturated heterocycles. The monoisotopic (exact) mass is 1760 g/mol. The fraction of sp³-hybridized carbons (Fsp3) is 0.721. The normalized spacial score (nSPS) is 28.4. The molecule has 0 aromatic heterocycles. The highest BCUT2D eigenvalue weighted by molar-refractivity contribution is 6.02. The van der Waals surface area contributed by atoms with Crippen LogP contribution in [0.15, 0.2) is 24.3 Å². The van der Waals surface area contributed by atoms with E-state index in [1.165, 1.54) is 59.9 Å². The van der Waals surface area contributed by atoms with E-state index >= 15 is 4.79 Å². The van der Waals surface area contributed by atoms with Crippen LogP contribution in [-0.2, 0) is 92.7 Å². The Kier molecular flexibility index (Phi) is 41.9. The van der Waals surface area contributed by atoms with Crippen LogP contribution in [-0.4, -0.2) is 279 Å². The lowest BCUT2D eigenvalue weighted by Gasteiger charge is -2.35. The first-order valence-corrected chi connectivity index (χ1v) is 44.4. The van der Waals surface area contributed by atoms with Crippen molar-refractivity contribution < 1.29 is 96.5 Å². The van der Waals surface area contributed by atoms with Gasteiger partial charge in [0, 0.05) is 39.5 Å². The van der Waals surface area contributed by atoms with Gasteiger partial charge in [-0.05, 0) is 144 Å². The van der Waals surface area contributed by atoms with Crippen molar-refractivity contribution in [1.82, 2.24) is 88.7 Å². The number of primary amides is 1. The van der Waals surface area contributed by atoms with E-state index in [9.17, 15) is 91.7 Å². The predicted molar refractivity (Wildman–Crippen MR) is 461 cm³/mol. The highest BCUT2D eigenvalue weighted by atomic mass is 16.3. The van der Waals surface area contributed by atoms with Gasteiger partial charge < -0.3 is 110 Å². The zero-order valence-electron chi connectivity index (χ0n) is 75.8. The summed E-state index contributed by atoms with van der Waals surface area (Å²) in [6.45, 7) is 24.9. The van der Waals surface area contributed by atoms with Crippen LogP contribution in [0.1, 0.15) is 213 Å². The number of nitrogens with zero attached hydrogens (tertiary/aromatic N) is 4. The highest BCUT2D eigenvalue weighted by Gasteiger charge is 2.48. The van der Waals surface area contributed by atoms with Crippen LogP contribution in [0.2, 0.25) is 0 Å². The maximum Gasteiger partial charge on any atom is 0.246 e. The van der Waals surface area contributed by atoms with Gasteiger partial charge in [-0.25, -0.2) is 0 Å². The molecule has 4 aliphatic rings. The second-order valence-corrected chi connectivity index (χ2v) is 35.0. The fourth-order valence-corrected chi connectivity index (χ4v) is 15.5. The predicted octanol–water partition coefficient (Wildman–Crippen LogP) is -1.74. The van der Waals surface area contributed by atoms with Gasteiger partial charge in [-0.15, -0.1) is 0 Å². The van der Waals surface area contributed by atoms with Crippen molar-refractivity contribution in [1.29, 1.82) is 0 Å². The van der Waals surface area contributed by atoms with Crippen molar-refractivity contribution in [2.24, 2.45) is 52.9 Å². The number of carbonyl (C=O) groups is 18. The smallest absolute Gasteiger partial charge is 0.246 e. The van der Waals surface area contributed by atoms with E-state index in [0.717, 1.165) is 4.90 Å². The molecule has 125 heavy (non-hydrogen) atoms. The summed E-state index contributed by atoms with van der Waals surface area (Å²) in [5, 5.41) is 55.8. The molecule has 1 aromatic rings. The van der Waals surface area contributed by atoms with Gasteiger partial charge >= 0.3 is 0 Å². The lowest BCUT2D eigenvalue weighted by atomic mass is 9.95. The quantitative estimate of drug-likeness (QED) is 0.0608. The number of nitrogens with two attached hydrogens (primary N) is 2. The Balaban J connectivity index is 1.55. The third-order valence-corrected chi connectivity index (χ3v) is 24.6. The molecule has 19 N–H and O–H groups in total. The summed E-state index contributed by atoms with van der Waals surface area (Å²) in [6, 6.07) is -16.2. The number of aliphatic hydroxyl groups excluding tert-OH is 1. The van der Waals surface area contributed by atoms with E-state index in [0.29, 0.717) is 50.5 Å². The zero-order chi connectivity index (χ0) is 93.7. The Morgan fingerprint density at radius 1 is 0.416 bits per heavy atom. The standard InChI is InChI=1S/C86H141N19O20/c1-18-47(11)67-81(120)90-51(15)71(110)100-69(49(13)20-3)84(123)102(17)52(16)72(111)97-66(46(9)10)85(124)104-39-24-28-59(104)77(116)89-42-63(109)95-64(44(5)6)79(118)92-56(35-36-62(88)108)74(113)98-68(48(12)19-2)82(121)96-65(45(7)8)80(119)93-57(41-53-31-33-54(107)34-32-53)75(114)91-55(27-22-23-37-87)73(112)94-58(43-106)76(115)101-70(50(14)21-4)86(125)105-40-26-30-61(105)83(122)103-38-25-29-60(103)78(117)99-67/h31-34,44-52,55-61,64-70,106-107H,18-30,35-43,87H2,1-17H3,(H2,88,108)(H,89,116)(H,90,120)(H,91,114)(H,92,118)(H,93,119)(H,94,112)(H,95,109)(H,96,121)(H,97,111)(H,98,113)(H,99,117)(H,100,110)(H,101,115)/t47-,48-,49-,50-,51-,52-,55-,56-,57-,58-,59+,60-,61-,64-,65-,66-,67-,68-,69-,70-/m0/s1. The molecule has 0 aliphatic carbocycles. The van der Waals surface area contributed by atoms with Gasteiger partial charge in [-0.3, -0.25) is 86.3 Å². The Morgan fingerprint density at radius 2 is 0.800 bits per heavy atom. The van der Waals surface area contributed by atoms with E-state index < -0.39 is 270 Å². The van der Waals surface area contributed by atoms with E-state index in [4.69, 9.17) is 11.5 Å². The number of rotatable bonds is 21. The van der Waals surface area contributed by atoms with Crippen LogP contribution in [0.5, 0.6) is 5.75 Å². The first-order chi connectivity index (χ1) is 58.9. The summed E-state index contributed by atoms with van der Waals surface area (Å²) in [4.78, 5) is 265. The molecule has 5 rings (SSSR count). The molecule has 39 heteroatoms. The number of amides is 18. The van der Waals surface area contributed by atoms with Crippen LogP contribution < -0.4 is 80.6 Å². The molecule has 20 atom stereocenters. The number of benzene rings is 1. The molecule has 1 aromatic carbocycles. The molecular weight excluding hydrogens is 1620 g/mol. The third-order valence-electron chi connectivity index (χ3n) is 24.6. The van der Waals surface area contributed by atoms with E-state index in [2.05, 4.69) is 69.1 Å². The van der Waals surface area contributed by atoms with Crippen molar-refractivity contribution in [2.45, 2.75) is 310 Å². The lowest BCUT2D eigenvalue weighted by Crippen LogP contribution is -2.62. The SMILES string of the molecule is CC[C@H](C)[C@@H]1NC(=O)[C@H](CCC(N)=O)NC(=O)[C@H](C(C)C)NC(=O)CNC(=O)[C@H]2CCCN2C(=O)[C@H](C(C)C)NC(=O)[C@H](C)N(C)C(=O)[C@H]([C@@H](C)CC)NC(=O)[C@H](C)NC(=O)[C@H]([C@@H](C)CC)NC(=O)[C@@H]2CCCN2C(=O)[C@@H]2CCCN2C(=O)[C@H]([C@@H](C)CC)NC(=O)[C@H](CO)NC(=O)[C@H](CCCCN)NC(=O)[C@H](Cc2ccc(O)cc2)NC(=O)[C@H](C(C)C)NC1=O. The number of unbranched alkanes of at least 4 members (excludes halogenated alkanes) is 1. The molecule has 0 unspecified atom stereocenters. The number of hydrogen-bond donors (Lipinski definition) is 17. The third kappa shape index (κ3) is 29.5. The van der Waals surface area contributed by atoms with E-state index in [-0.39, 0.29) is 76.9 Å².